The smallest absolute Gasteiger partial charge is 0.0871 e. The first-order chi connectivity index (χ1) is 7.51. The largest absolute Gasteiger partial charge is 0.374 e. The van der Waals surface area contributed by atoms with Gasteiger partial charge in [-0.2, -0.15) is 0 Å². The standard InChI is InChI=1S/C14H23NO/c1-11(8-9-15)12-6-5-7-13(10-12)14(2,3)16-4/h5-7,10-11H,8-9,15H2,1-4H3. The second-order valence-corrected chi connectivity index (χ2v) is 4.82. The maximum Gasteiger partial charge on any atom is 0.0871 e. The first-order valence-electron chi connectivity index (χ1n) is 5.87. The summed E-state index contributed by atoms with van der Waals surface area (Å²) in [6, 6.07) is 8.60. The molecule has 0 spiro atoms. The monoisotopic (exact) mass is 221 g/mol. The van der Waals surface area contributed by atoms with Crippen molar-refractivity contribution in [3.8, 4) is 0 Å². The SMILES string of the molecule is COC(C)(C)c1cccc(C(C)CCN)c1. The van der Waals surface area contributed by atoms with E-state index in [1.54, 1.807) is 7.11 Å². The molecule has 1 unspecified atom stereocenters. The molecule has 0 aliphatic rings. The van der Waals surface area contributed by atoms with Crippen LogP contribution in [0.5, 0.6) is 0 Å². The lowest BCUT2D eigenvalue weighted by Gasteiger charge is -2.24. The van der Waals surface area contributed by atoms with E-state index in [4.69, 9.17) is 10.5 Å². The van der Waals surface area contributed by atoms with Crippen LogP contribution in [-0.4, -0.2) is 13.7 Å². The lowest BCUT2D eigenvalue weighted by molar-refractivity contribution is 0.0191. The molecule has 0 aliphatic heterocycles. The molecule has 1 atom stereocenters. The second kappa shape index (κ2) is 5.46. The van der Waals surface area contributed by atoms with Crippen LogP contribution in [0.3, 0.4) is 0 Å². The highest BCUT2D eigenvalue weighted by atomic mass is 16.5. The first-order valence-corrected chi connectivity index (χ1v) is 5.87. The van der Waals surface area contributed by atoms with E-state index in [9.17, 15) is 0 Å². The summed E-state index contributed by atoms with van der Waals surface area (Å²) in [7, 11) is 1.75. The van der Waals surface area contributed by atoms with E-state index in [-0.39, 0.29) is 5.60 Å². The number of rotatable bonds is 5. The molecule has 16 heavy (non-hydrogen) atoms. The Morgan fingerprint density at radius 2 is 2.06 bits per heavy atom. The third kappa shape index (κ3) is 3.06. The molecule has 1 rings (SSSR count). The Morgan fingerprint density at radius 3 is 2.62 bits per heavy atom. The molecule has 0 fully saturated rings. The molecule has 2 N–H and O–H groups in total. The van der Waals surface area contributed by atoms with Gasteiger partial charge in [0.15, 0.2) is 0 Å². The molecule has 0 aliphatic carbocycles. The highest BCUT2D eigenvalue weighted by Gasteiger charge is 2.20. The van der Waals surface area contributed by atoms with Crippen LogP contribution in [0.15, 0.2) is 24.3 Å². The molecule has 90 valence electrons. The average Bonchev–Trinajstić information content (AvgIpc) is 2.29. The zero-order valence-corrected chi connectivity index (χ0v) is 10.8. The number of hydrogen-bond donors (Lipinski definition) is 1. The molecule has 0 saturated carbocycles. The fraction of sp³-hybridized carbons (Fsp3) is 0.571. The summed E-state index contributed by atoms with van der Waals surface area (Å²) in [4.78, 5) is 0. The summed E-state index contributed by atoms with van der Waals surface area (Å²) in [5.74, 6) is 0.512. The molecule has 0 radical (unpaired) electrons. The lowest BCUT2D eigenvalue weighted by Crippen LogP contribution is -2.19. The maximum atomic E-state index is 5.59. The van der Waals surface area contributed by atoms with Gasteiger partial charge in [-0.15, -0.1) is 0 Å². The summed E-state index contributed by atoms with van der Waals surface area (Å²) in [6.07, 6.45) is 1.02. The maximum absolute atomic E-state index is 5.59. The Labute approximate surface area is 98.8 Å². The van der Waals surface area contributed by atoms with Gasteiger partial charge in [-0.3, -0.25) is 0 Å². The number of nitrogens with two attached hydrogens (primary N) is 1. The zero-order valence-electron chi connectivity index (χ0n) is 10.8. The van der Waals surface area contributed by atoms with Gasteiger partial charge in [0.2, 0.25) is 0 Å². The molecule has 1 aromatic rings. The van der Waals surface area contributed by atoms with Crippen molar-refractivity contribution in [2.45, 2.75) is 38.7 Å². The summed E-state index contributed by atoms with van der Waals surface area (Å²) < 4.78 is 5.49. The van der Waals surface area contributed by atoms with Crippen LogP contribution in [0.2, 0.25) is 0 Å². The van der Waals surface area contributed by atoms with Gasteiger partial charge in [0, 0.05) is 7.11 Å². The van der Waals surface area contributed by atoms with Crippen LogP contribution >= 0.6 is 0 Å². The van der Waals surface area contributed by atoms with Gasteiger partial charge >= 0.3 is 0 Å². The van der Waals surface area contributed by atoms with Crippen molar-refractivity contribution < 1.29 is 4.74 Å². The number of hydrogen-bond acceptors (Lipinski definition) is 2. The number of methoxy groups -OCH3 is 1. The molecular weight excluding hydrogens is 198 g/mol. The van der Waals surface area contributed by atoms with Gasteiger partial charge in [0.1, 0.15) is 0 Å². The van der Waals surface area contributed by atoms with Gasteiger partial charge in [-0.05, 0) is 43.9 Å². The second-order valence-electron chi connectivity index (χ2n) is 4.82. The Balaban J connectivity index is 2.95. The average molecular weight is 221 g/mol. The van der Waals surface area contributed by atoms with Crippen molar-refractivity contribution in [3.63, 3.8) is 0 Å². The van der Waals surface area contributed by atoms with Gasteiger partial charge in [-0.25, -0.2) is 0 Å². The van der Waals surface area contributed by atoms with E-state index < -0.39 is 0 Å². The Morgan fingerprint density at radius 1 is 1.38 bits per heavy atom. The van der Waals surface area contributed by atoms with Crippen molar-refractivity contribution in [3.05, 3.63) is 35.4 Å². The van der Waals surface area contributed by atoms with Crippen LogP contribution in [0.1, 0.15) is 44.2 Å². The van der Waals surface area contributed by atoms with Gasteiger partial charge < -0.3 is 10.5 Å². The van der Waals surface area contributed by atoms with Crippen LogP contribution in [0, 0.1) is 0 Å². The molecule has 0 amide bonds. The molecule has 0 aromatic heterocycles. The first kappa shape index (κ1) is 13.2. The summed E-state index contributed by atoms with van der Waals surface area (Å²) in [5, 5.41) is 0. The van der Waals surface area contributed by atoms with Gasteiger partial charge in [0.25, 0.3) is 0 Å². The third-order valence-electron chi connectivity index (χ3n) is 3.26. The van der Waals surface area contributed by atoms with Crippen molar-refractivity contribution >= 4 is 0 Å². The van der Waals surface area contributed by atoms with Crippen LogP contribution in [-0.2, 0) is 10.3 Å². The fourth-order valence-corrected chi connectivity index (χ4v) is 1.75. The predicted molar refractivity (Wildman–Crippen MR) is 68.6 cm³/mol. The third-order valence-corrected chi connectivity index (χ3v) is 3.26. The predicted octanol–water partition coefficient (Wildman–Crippen LogP) is 3.02. The van der Waals surface area contributed by atoms with E-state index in [0.717, 1.165) is 13.0 Å². The minimum atomic E-state index is -0.224. The van der Waals surface area contributed by atoms with Crippen molar-refractivity contribution in [2.24, 2.45) is 5.73 Å². The van der Waals surface area contributed by atoms with E-state index >= 15 is 0 Å². The van der Waals surface area contributed by atoms with Crippen LogP contribution in [0.4, 0.5) is 0 Å². The summed E-state index contributed by atoms with van der Waals surface area (Å²) in [5.41, 5.74) is 7.93. The van der Waals surface area contributed by atoms with Gasteiger partial charge in [0.05, 0.1) is 5.60 Å². The normalized spacial score (nSPS) is 13.8. The van der Waals surface area contributed by atoms with Crippen LogP contribution in [0.25, 0.3) is 0 Å². The topological polar surface area (TPSA) is 35.2 Å². The van der Waals surface area contributed by atoms with Crippen molar-refractivity contribution in [1.82, 2.24) is 0 Å². The molecule has 0 bridgehead atoms. The van der Waals surface area contributed by atoms with Crippen molar-refractivity contribution in [1.29, 1.82) is 0 Å². The summed E-state index contributed by atoms with van der Waals surface area (Å²) >= 11 is 0. The fourth-order valence-electron chi connectivity index (χ4n) is 1.75. The van der Waals surface area contributed by atoms with Gasteiger partial charge in [-0.1, -0.05) is 31.2 Å². The minimum Gasteiger partial charge on any atom is -0.374 e. The number of benzene rings is 1. The quantitative estimate of drug-likeness (QED) is 0.829. The van der Waals surface area contributed by atoms with E-state index in [1.165, 1.54) is 11.1 Å². The highest BCUT2D eigenvalue weighted by molar-refractivity contribution is 5.29. The van der Waals surface area contributed by atoms with Crippen molar-refractivity contribution in [2.75, 3.05) is 13.7 Å². The molecule has 0 saturated heterocycles. The molecular formula is C14H23NO. The number of ether oxygens (including phenoxy) is 1. The molecule has 2 nitrogen and oxygen atoms in total. The van der Waals surface area contributed by atoms with E-state index in [2.05, 4.69) is 45.0 Å². The lowest BCUT2D eigenvalue weighted by atomic mass is 9.91. The summed E-state index contributed by atoms with van der Waals surface area (Å²) in [6.45, 7) is 7.12. The van der Waals surface area contributed by atoms with E-state index in [1.807, 2.05) is 0 Å². The minimum absolute atomic E-state index is 0.224. The highest BCUT2D eigenvalue weighted by Crippen LogP contribution is 2.27. The Kier molecular flexibility index (Phi) is 4.51. The van der Waals surface area contributed by atoms with Crippen LogP contribution < -0.4 is 5.73 Å². The molecule has 2 heteroatoms. The Hall–Kier alpha value is -0.860. The zero-order chi connectivity index (χ0) is 12.2. The molecule has 0 heterocycles. The molecule has 1 aromatic carbocycles. The Bertz CT molecular complexity index is 333. The van der Waals surface area contributed by atoms with E-state index in [0.29, 0.717) is 5.92 Å².